The maximum absolute atomic E-state index is 11.6. The molecule has 0 radical (unpaired) electrons. The first kappa shape index (κ1) is 14.9. The van der Waals surface area contributed by atoms with Gasteiger partial charge >= 0.3 is 5.97 Å². The maximum atomic E-state index is 11.6. The lowest BCUT2D eigenvalue weighted by Gasteiger charge is -2.20. The molecule has 3 N–H and O–H groups in total. The van der Waals surface area contributed by atoms with Crippen molar-refractivity contribution in [2.45, 2.75) is 25.3 Å². The second-order valence-electron chi connectivity index (χ2n) is 4.40. The number of carboxylic acids is 1. The number of nitrogens with two attached hydrogens (primary N) is 1. The van der Waals surface area contributed by atoms with Crippen molar-refractivity contribution in [2.24, 2.45) is 5.73 Å². The van der Waals surface area contributed by atoms with Crippen molar-refractivity contribution in [1.82, 2.24) is 4.90 Å². The minimum atomic E-state index is -3.35. The number of rotatable bonds is 7. The highest BCUT2D eigenvalue weighted by molar-refractivity contribution is 7.91. The standard InChI is InChI=1S/C10H18N2O5S/c11-9(13)3-6-18(16,17)7-5-12-4-1-2-8(12)10(14)15/h8H,1-7H2,(H2,11,13)(H,14,15). The number of likely N-dealkylation sites (tertiary alicyclic amines) is 1. The van der Waals surface area contributed by atoms with Crippen molar-refractivity contribution in [2.75, 3.05) is 24.6 Å². The summed E-state index contributed by atoms with van der Waals surface area (Å²) in [5, 5.41) is 8.94. The predicted molar refractivity (Wildman–Crippen MR) is 64.7 cm³/mol. The molecule has 1 saturated heterocycles. The van der Waals surface area contributed by atoms with E-state index >= 15 is 0 Å². The number of carbonyl (C=O) groups excluding carboxylic acids is 1. The van der Waals surface area contributed by atoms with Crippen LogP contribution in [0.4, 0.5) is 0 Å². The summed E-state index contributed by atoms with van der Waals surface area (Å²) in [7, 11) is -3.35. The quantitative estimate of drug-likeness (QED) is 0.605. The molecule has 1 heterocycles. The molecule has 0 bridgehead atoms. The van der Waals surface area contributed by atoms with Gasteiger partial charge in [-0.2, -0.15) is 0 Å². The third-order valence-corrected chi connectivity index (χ3v) is 4.63. The number of nitrogens with zero attached hydrogens (tertiary/aromatic N) is 1. The number of hydrogen-bond donors (Lipinski definition) is 2. The van der Waals surface area contributed by atoms with Crippen molar-refractivity contribution in [3.63, 3.8) is 0 Å². The van der Waals surface area contributed by atoms with E-state index in [1.807, 2.05) is 0 Å². The summed E-state index contributed by atoms with van der Waals surface area (Å²) in [6.07, 6.45) is 1.12. The largest absolute Gasteiger partial charge is 0.480 e. The van der Waals surface area contributed by atoms with Crippen LogP contribution in [0.15, 0.2) is 0 Å². The molecule has 0 aromatic rings. The van der Waals surface area contributed by atoms with Gasteiger partial charge in [0.15, 0.2) is 9.84 Å². The summed E-state index contributed by atoms with van der Waals surface area (Å²) < 4.78 is 23.2. The molecule has 0 spiro atoms. The SMILES string of the molecule is NC(=O)CCS(=O)(=O)CCN1CCCC1C(=O)O. The summed E-state index contributed by atoms with van der Waals surface area (Å²) in [5.74, 6) is -1.97. The lowest BCUT2D eigenvalue weighted by atomic mass is 10.2. The topological polar surface area (TPSA) is 118 Å². The van der Waals surface area contributed by atoms with Crippen LogP contribution >= 0.6 is 0 Å². The highest BCUT2D eigenvalue weighted by Crippen LogP contribution is 2.17. The van der Waals surface area contributed by atoms with E-state index in [9.17, 15) is 18.0 Å². The van der Waals surface area contributed by atoms with Gasteiger partial charge in [0, 0.05) is 13.0 Å². The minimum absolute atomic E-state index is 0.135. The Morgan fingerprint density at radius 2 is 2.00 bits per heavy atom. The van der Waals surface area contributed by atoms with Crippen LogP contribution in [0.1, 0.15) is 19.3 Å². The molecule has 0 aromatic carbocycles. The van der Waals surface area contributed by atoms with Crippen LogP contribution in [-0.2, 0) is 19.4 Å². The molecule has 1 fully saturated rings. The molecule has 18 heavy (non-hydrogen) atoms. The Labute approximate surface area is 106 Å². The maximum Gasteiger partial charge on any atom is 0.320 e. The number of primary amides is 1. The predicted octanol–water partition coefficient (Wildman–Crippen LogP) is -1.17. The first-order valence-corrected chi connectivity index (χ1v) is 7.59. The van der Waals surface area contributed by atoms with Crippen molar-refractivity contribution in [3.05, 3.63) is 0 Å². The van der Waals surface area contributed by atoms with Crippen LogP contribution in [0.25, 0.3) is 0 Å². The van der Waals surface area contributed by atoms with E-state index in [0.29, 0.717) is 13.0 Å². The number of amides is 1. The van der Waals surface area contributed by atoms with E-state index in [2.05, 4.69) is 0 Å². The highest BCUT2D eigenvalue weighted by atomic mass is 32.2. The van der Waals surface area contributed by atoms with Gasteiger partial charge in [-0.15, -0.1) is 0 Å². The van der Waals surface area contributed by atoms with Gasteiger partial charge < -0.3 is 10.8 Å². The Hall–Kier alpha value is -1.15. The molecule has 1 rings (SSSR count). The first-order valence-electron chi connectivity index (χ1n) is 5.77. The number of hydrogen-bond acceptors (Lipinski definition) is 5. The van der Waals surface area contributed by atoms with Gasteiger partial charge in [-0.1, -0.05) is 0 Å². The fraction of sp³-hybridized carbons (Fsp3) is 0.800. The Bertz CT molecular complexity index is 420. The summed E-state index contributed by atoms with van der Waals surface area (Å²) >= 11 is 0. The summed E-state index contributed by atoms with van der Waals surface area (Å²) in [6, 6.07) is -0.587. The van der Waals surface area contributed by atoms with E-state index < -0.39 is 27.8 Å². The van der Waals surface area contributed by atoms with Crippen LogP contribution in [0, 0.1) is 0 Å². The monoisotopic (exact) mass is 278 g/mol. The van der Waals surface area contributed by atoms with E-state index in [0.717, 1.165) is 6.42 Å². The van der Waals surface area contributed by atoms with Crippen LogP contribution in [0.3, 0.4) is 0 Å². The molecule has 0 saturated carbocycles. The summed E-state index contributed by atoms with van der Waals surface area (Å²) in [6.45, 7) is 0.792. The first-order chi connectivity index (χ1) is 8.32. The molecule has 1 unspecified atom stereocenters. The van der Waals surface area contributed by atoms with Crippen molar-refractivity contribution in [3.8, 4) is 0 Å². The average Bonchev–Trinajstić information content (AvgIpc) is 2.72. The molecular formula is C10H18N2O5S. The zero-order valence-corrected chi connectivity index (χ0v) is 10.9. The molecular weight excluding hydrogens is 260 g/mol. The van der Waals surface area contributed by atoms with Crippen LogP contribution in [0.5, 0.6) is 0 Å². The van der Waals surface area contributed by atoms with Gasteiger partial charge in [-0.05, 0) is 19.4 Å². The van der Waals surface area contributed by atoms with Gasteiger partial charge in [0.1, 0.15) is 6.04 Å². The van der Waals surface area contributed by atoms with Gasteiger partial charge in [0.25, 0.3) is 0 Å². The lowest BCUT2D eigenvalue weighted by Crippen LogP contribution is -2.39. The van der Waals surface area contributed by atoms with Gasteiger partial charge in [0.05, 0.1) is 11.5 Å². The van der Waals surface area contributed by atoms with Crippen LogP contribution < -0.4 is 5.73 Å². The Morgan fingerprint density at radius 3 is 2.56 bits per heavy atom. The van der Waals surface area contributed by atoms with E-state index in [-0.39, 0.29) is 24.5 Å². The number of carbonyl (C=O) groups is 2. The molecule has 1 amide bonds. The second-order valence-corrected chi connectivity index (χ2v) is 6.70. The molecule has 1 atom stereocenters. The Morgan fingerprint density at radius 1 is 1.33 bits per heavy atom. The zero-order chi connectivity index (χ0) is 13.8. The normalized spacial score (nSPS) is 21.0. The molecule has 1 aliphatic rings. The van der Waals surface area contributed by atoms with E-state index in [4.69, 9.17) is 10.8 Å². The van der Waals surface area contributed by atoms with Gasteiger partial charge in [0.2, 0.25) is 5.91 Å². The van der Waals surface area contributed by atoms with Crippen LogP contribution in [-0.4, -0.2) is 60.9 Å². The number of carboxylic acid groups (broad SMARTS) is 1. The second kappa shape index (κ2) is 6.14. The fourth-order valence-electron chi connectivity index (χ4n) is 1.99. The van der Waals surface area contributed by atoms with Crippen molar-refractivity contribution < 1.29 is 23.1 Å². The van der Waals surface area contributed by atoms with Gasteiger partial charge in [-0.25, -0.2) is 8.42 Å². The molecule has 1 aliphatic heterocycles. The summed E-state index contributed by atoms with van der Waals surface area (Å²) in [5.41, 5.74) is 4.89. The number of aliphatic carboxylic acids is 1. The van der Waals surface area contributed by atoms with E-state index in [1.54, 1.807) is 4.90 Å². The lowest BCUT2D eigenvalue weighted by molar-refractivity contribution is -0.142. The smallest absolute Gasteiger partial charge is 0.320 e. The Balaban J connectivity index is 2.44. The number of sulfone groups is 1. The Kier molecular flexibility index (Phi) is 5.09. The highest BCUT2D eigenvalue weighted by Gasteiger charge is 2.30. The van der Waals surface area contributed by atoms with Gasteiger partial charge in [-0.3, -0.25) is 14.5 Å². The zero-order valence-electron chi connectivity index (χ0n) is 10.0. The van der Waals surface area contributed by atoms with Crippen molar-refractivity contribution in [1.29, 1.82) is 0 Å². The van der Waals surface area contributed by atoms with Crippen molar-refractivity contribution >= 4 is 21.7 Å². The molecule has 0 aromatic heterocycles. The molecule has 7 nitrogen and oxygen atoms in total. The molecule has 104 valence electrons. The third kappa shape index (κ3) is 4.61. The fourth-order valence-corrected chi connectivity index (χ4v) is 3.22. The third-order valence-electron chi connectivity index (χ3n) is 3.00. The summed E-state index contributed by atoms with van der Waals surface area (Å²) in [4.78, 5) is 23.1. The molecule has 8 heteroatoms. The minimum Gasteiger partial charge on any atom is -0.480 e. The van der Waals surface area contributed by atoms with E-state index in [1.165, 1.54) is 0 Å². The average molecular weight is 278 g/mol. The molecule has 0 aliphatic carbocycles. The van der Waals surface area contributed by atoms with Crippen LogP contribution in [0.2, 0.25) is 0 Å².